The largest absolute Gasteiger partial charge is 1.00 e. The number of aliphatic carboxylic acids is 2. The molecule has 3 N–H and O–H groups in total. The minimum absolute atomic E-state index is 0. The van der Waals surface area contributed by atoms with Gasteiger partial charge in [-0.3, -0.25) is 9.69 Å². The first-order valence-electron chi connectivity index (χ1n) is 5.91. The third-order valence-electron chi connectivity index (χ3n) is 2.89. The fraction of sp³-hybridized carbons (Fsp3) is 0.385. The van der Waals surface area contributed by atoms with Gasteiger partial charge >= 0.3 is 35.5 Å². The molecular formula is C13H16NNaO6. The average Bonchev–Trinajstić information content (AvgIpc) is 2.35. The van der Waals surface area contributed by atoms with Crippen LogP contribution in [-0.4, -0.2) is 51.8 Å². The van der Waals surface area contributed by atoms with E-state index in [1.807, 2.05) is 0 Å². The maximum Gasteiger partial charge on any atom is 1.00 e. The molecule has 8 heteroatoms. The smallest absolute Gasteiger partial charge is 0.550 e. The Morgan fingerprint density at radius 1 is 1.38 bits per heavy atom. The van der Waals surface area contributed by atoms with Crippen molar-refractivity contribution in [3.8, 4) is 5.75 Å². The summed E-state index contributed by atoms with van der Waals surface area (Å²) in [5.41, 5.74) is 0.412. The third kappa shape index (κ3) is 6.45. The summed E-state index contributed by atoms with van der Waals surface area (Å²) in [6.07, 6.45) is -1.71. The number of nitrogens with zero attached hydrogens (tertiary/aromatic N) is 1. The Hall–Kier alpha value is -1.12. The van der Waals surface area contributed by atoms with Gasteiger partial charge in [0.15, 0.2) is 0 Å². The van der Waals surface area contributed by atoms with Crippen LogP contribution in [0.1, 0.15) is 18.1 Å². The Kier molecular flexibility index (Phi) is 8.53. The van der Waals surface area contributed by atoms with Crippen molar-refractivity contribution < 1.29 is 59.6 Å². The number of carboxylic acids is 2. The molecule has 0 saturated heterocycles. The van der Waals surface area contributed by atoms with Gasteiger partial charge in [-0.1, -0.05) is 12.1 Å². The number of carboxylic acid groups (broad SMARTS) is 2. The molecule has 1 aromatic rings. The van der Waals surface area contributed by atoms with Crippen molar-refractivity contribution >= 4 is 11.9 Å². The summed E-state index contributed by atoms with van der Waals surface area (Å²) >= 11 is 0. The molecule has 0 saturated carbocycles. The van der Waals surface area contributed by atoms with Crippen molar-refractivity contribution in [2.24, 2.45) is 0 Å². The standard InChI is InChI=1S/C13H17NO6.Na/c1-14(10(13(19)20)6-12(17)18)7-11(16)8-3-2-4-9(15)5-8;/h2-5,10-11,15-16H,6-7H2,1H3,(H,17,18)(H,19,20);/q;+1/p-1/t10?,11-;/m0./s1. The summed E-state index contributed by atoms with van der Waals surface area (Å²) in [5.74, 6) is -2.80. The van der Waals surface area contributed by atoms with Gasteiger partial charge < -0.3 is 25.2 Å². The van der Waals surface area contributed by atoms with Gasteiger partial charge in [-0.2, -0.15) is 0 Å². The van der Waals surface area contributed by atoms with E-state index in [2.05, 4.69) is 0 Å². The number of phenolic OH excluding ortho intramolecular Hbond substituents is 1. The van der Waals surface area contributed by atoms with Crippen LogP contribution in [0.2, 0.25) is 0 Å². The number of carbonyl (C=O) groups excluding carboxylic acids is 1. The predicted molar refractivity (Wildman–Crippen MR) is 66.7 cm³/mol. The maximum atomic E-state index is 11.0. The van der Waals surface area contributed by atoms with Crippen LogP contribution in [0.3, 0.4) is 0 Å². The van der Waals surface area contributed by atoms with E-state index < -0.39 is 30.5 Å². The van der Waals surface area contributed by atoms with Crippen molar-refractivity contribution in [2.75, 3.05) is 13.6 Å². The number of aliphatic hydroxyl groups is 1. The summed E-state index contributed by atoms with van der Waals surface area (Å²) in [4.78, 5) is 22.7. The number of hydrogen-bond donors (Lipinski definition) is 3. The van der Waals surface area contributed by atoms with Gasteiger partial charge in [-0.15, -0.1) is 0 Å². The van der Waals surface area contributed by atoms with Gasteiger partial charge in [0.1, 0.15) is 11.8 Å². The molecule has 1 aromatic carbocycles. The first-order valence-corrected chi connectivity index (χ1v) is 5.91. The van der Waals surface area contributed by atoms with Gasteiger partial charge in [0.25, 0.3) is 0 Å². The van der Waals surface area contributed by atoms with Crippen molar-refractivity contribution in [1.82, 2.24) is 4.90 Å². The summed E-state index contributed by atoms with van der Waals surface area (Å²) in [5, 5.41) is 38.8. The summed E-state index contributed by atoms with van der Waals surface area (Å²) in [6, 6.07) is 4.63. The van der Waals surface area contributed by atoms with Crippen molar-refractivity contribution in [3.63, 3.8) is 0 Å². The van der Waals surface area contributed by atoms with Gasteiger partial charge in [0, 0.05) is 18.9 Å². The van der Waals surface area contributed by atoms with Crippen LogP contribution in [0, 0.1) is 0 Å². The molecular weight excluding hydrogens is 289 g/mol. The fourth-order valence-electron chi connectivity index (χ4n) is 1.83. The zero-order valence-corrected chi connectivity index (χ0v) is 13.9. The number of carbonyl (C=O) groups is 2. The number of likely N-dealkylation sites (N-methyl/N-ethyl adjacent to an activating group) is 1. The average molecular weight is 305 g/mol. The predicted octanol–water partition coefficient (Wildman–Crippen LogP) is -4.05. The second-order valence-corrected chi connectivity index (χ2v) is 4.48. The van der Waals surface area contributed by atoms with Gasteiger partial charge in [0.05, 0.1) is 6.10 Å². The van der Waals surface area contributed by atoms with Crippen LogP contribution in [-0.2, 0) is 9.59 Å². The van der Waals surface area contributed by atoms with Crippen molar-refractivity contribution in [1.29, 1.82) is 0 Å². The van der Waals surface area contributed by atoms with E-state index in [-0.39, 0.29) is 41.9 Å². The minimum Gasteiger partial charge on any atom is -0.550 e. The van der Waals surface area contributed by atoms with E-state index >= 15 is 0 Å². The molecule has 1 unspecified atom stereocenters. The van der Waals surface area contributed by atoms with E-state index in [4.69, 9.17) is 5.11 Å². The molecule has 0 radical (unpaired) electrons. The minimum atomic E-state index is -1.48. The van der Waals surface area contributed by atoms with Crippen LogP contribution in [0.5, 0.6) is 5.75 Å². The Balaban J connectivity index is 0.00000400. The van der Waals surface area contributed by atoms with E-state index in [1.165, 1.54) is 24.1 Å². The molecule has 0 aliphatic carbocycles. The summed E-state index contributed by atoms with van der Waals surface area (Å²) < 4.78 is 0. The number of aromatic hydroxyl groups is 1. The van der Waals surface area contributed by atoms with Crippen molar-refractivity contribution in [2.45, 2.75) is 18.6 Å². The van der Waals surface area contributed by atoms with Gasteiger partial charge in [-0.05, 0) is 24.7 Å². The number of hydrogen-bond acceptors (Lipinski definition) is 6. The van der Waals surface area contributed by atoms with Crippen LogP contribution >= 0.6 is 0 Å². The monoisotopic (exact) mass is 305 g/mol. The molecule has 21 heavy (non-hydrogen) atoms. The molecule has 7 nitrogen and oxygen atoms in total. The Bertz CT molecular complexity index is 495. The molecule has 0 bridgehead atoms. The second kappa shape index (κ2) is 9.01. The number of benzene rings is 1. The van der Waals surface area contributed by atoms with E-state index in [1.54, 1.807) is 12.1 Å². The second-order valence-electron chi connectivity index (χ2n) is 4.48. The SMILES string of the molecule is CN(C[C@H](O)c1cccc(O)c1)C(CC(=O)[O-])C(=O)O.[Na+]. The molecule has 0 aromatic heterocycles. The van der Waals surface area contributed by atoms with Gasteiger partial charge in [0.2, 0.25) is 0 Å². The molecule has 0 fully saturated rings. The van der Waals surface area contributed by atoms with Crippen LogP contribution < -0.4 is 34.7 Å². The summed E-state index contributed by atoms with van der Waals surface area (Å²) in [7, 11) is 1.40. The van der Waals surface area contributed by atoms with E-state index in [0.717, 1.165) is 0 Å². The Morgan fingerprint density at radius 3 is 2.48 bits per heavy atom. The topological polar surface area (TPSA) is 121 Å². The maximum absolute atomic E-state index is 11.0. The third-order valence-corrected chi connectivity index (χ3v) is 2.89. The number of aliphatic hydroxyl groups excluding tert-OH is 1. The number of rotatable bonds is 7. The molecule has 1 rings (SSSR count). The molecule has 2 atom stereocenters. The Labute approximate surface area is 144 Å². The summed E-state index contributed by atoms with van der Waals surface area (Å²) in [6.45, 7) is -0.0896. The van der Waals surface area contributed by atoms with Crippen LogP contribution in [0.25, 0.3) is 0 Å². The fourth-order valence-corrected chi connectivity index (χ4v) is 1.83. The quantitative estimate of drug-likeness (QED) is 0.438. The van der Waals surface area contributed by atoms with Crippen LogP contribution in [0.15, 0.2) is 24.3 Å². The molecule has 0 aliphatic rings. The molecule has 110 valence electrons. The molecule has 0 heterocycles. The van der Waals surface area contributed by atoms with E-state index in [9.17, 15) is 24.9 Å². The first-order chi connectivity index (χ1) is 9.31. The normalized spacial score (nSPS) is 13.3. The zero-order chi connectivity index (χ0) is 15.3. The first kappa shape index (κ1) is 19.9. The van der Waals surface area contributed by atoms with E-state index in [0.29, 0.717) is 5.56 Å². The zero-order valence-electron chi connectivity index (χ0n) is 11.9. The van der Waals surface area contributed by atoms with Crippen molar-refractivity contribution in [3.05, 3.63) is 29.8 Å². The molecule has 0 amide bonds. The van der Waals surface area contributed by atoms with Gasteiger partial charge in [-0.25, -0.2) is 0 Å². The number of phenols is 1. The Morgan fingerprint density at radius 2 is 2.00 bits per heavy atom. The van der Waals surface area contributed by atoms with Crippen LogP contribution in [0.4, 0.5) is 0 Å². The molecule has 0 aliphatic heterocycles. The molecule has 0 spiro atoms.